The van der Waals surface area contributed by atoms with Crippen molar-refractivity contribution >= 4 is 11.7 Å². The molecule has 1 rings (SSSR count). The van der Waals surface area contributed by atoms with Crippen molar-refractivity contribution in [3.63, 3.8) is 0 Å². The van der Waals surface area contributed by atoms with E-state index in [0.29, 0.717) is 19.8 Å². The molecule has 19 heavy (non-hydrogen) atoms. The third kappa shape index (κ3) is 4.91. The number of aryl methyl sites for hydroxylation is 2. The minimum Gasteiger partial charge on any atom is -0.462 e. The van der Waals surface area contributed by atoms with Crippen LogP contribution in [0.2, 0.25) is 0 Å². The van der Waals surface area contributed by atoms with E-state index in [1.807, 2.05) is 39.0 Å². The maximum atomic E-state index is 11.8. The van der Waals surface area contributed by atoms with E-state index in [4.69, 9.17) is 9.47 Å². The minimum atomic E-state index is -0.374. The number of ether oxygens (including phenoxy) is 2. The molecule has 0 saturated heterocycles. The lowest BCUT2D eigenvalue weighted by Gasteiger charge is -2.18. The molecule has 1 N–H and O–H groups in total. The van der Waals surface area contributed by atoms with Gasteiger partial charge < -0.3 is 14.8 Å². The van der Waals surface area contributed by atoms with Crippen LogP contribution in [0.3, 0.4) is 0 Å². The van der Waals surface area contributed by atoms with Crippen molar-refractivity contribution in [3.05, 3.63) is 29.3 Å². The Hall–Kier alpha value is -1.55. The molecule has 0 radical (unpaired) electrons. The van der Waals surface area contributed by atoms with Crippen LogP contribution in [0.4, 0.5) is 5.69 Å². The van der Waals surface area contributed by atoms with Gasteiger partial charge in [0.15, 0.2) is 0 Å². The lowest BCUT2D eigenvalue weighted by Crippen LogP contribution is -2.29. The molecule has 0 heterocycles. The van der Waals surface area contributed by atoms with E-state index in [0.717, 1.165) is 16.8 Å². The summed E-state index contributed by atoms with van der Waals surface area (Å²) in [6.45, 7) is 9.12. The summed E-state index contributed by atoms with van der Waals surface area (Å²) in [5.41, 5.74) is 3.24. The normalized spacial score (nSPS) is 12.0. The second-order valence-electron chi connectivity index (χ2n) is 4.50. The summed E-state index contributed by atoms with van der Waals surface area (Å²) in [6, 6.07) is 5.66. The molecule has 4 nitrogen and oxygen atoms in total. The zero-order valence-electron chi connectivity index (χ0n) is 12.2. The van der Waals surface area contributed by atoms with Crippen molar-refractivity contribution in [2.24, 2.45) is 0 Å². The number of nitrogens with one attached hydrogen (secondary N) is 1. The van der Waals surface area contributed by atoms with Gasteiger partial charge in [-0.1, -0.05) is 18.2 Å². The van der Waals surface area contributed by atoms with Gasteiger partial charge in [0.05, 0.1) is 6.61 Å². The first kappa shape index (κ1) is 15.5. The molecule has 4 heteroatoms. The van der Waals surface area contributed by atoms with Crippen molar-refractivity contribution in [2.75, 3.05) is 25.1 Å². The summed E-state index contributed by atoms with van der Waals surface area (Å²) in [5.74, 6) is -0.262. The fourth-order valence-corrected chi connectivity index (χ4v) is 1.79. The number of esters is 1. The van der Waals surface area contributed by atoms with Gasteiger partial charge >= 0.3 is 5.97 Å². The standard InChI is InChI=1S/C15H23NO3/c1-5-18-9-10-19-15(17)13(4)16-14-11(2)7-6-8-12(14)3/h6-8,13,16H,5,9-10H2,1-4H3/t13-/m1/s1. The Morgan fingerprint density at radius 1 is 1.26 bits per heavy atom. The summed E-state index contributed by atoms with van der Waals surface area (Å²) in [4.78, 5) is 11.8. The van der Waals surface area contributed by atoms with Crippen molar-refractivity contribution in [3.8, 4) is 0 Å². The van der Waals surface area contributed by atoms with Crippen LogP contribution in [-0.4, -0.2) is 31.8 Å². The predicted octanol–water partition coefficient (Wildman–Crippen LogP) is 2.68. The molecular weight excluding hydrogens is 242 g/mol. The first-order valence-corrected chi connectivity index (χ1v) is 6.63. The average molecular weight is 265 g/mol. The summed E-state index contributed by atoms with van der Waals surface area (Å²) < 4.78 is 10.3. The average Bonchev–Trinajstić information content (AvgIpc) is 2.38. The van der Waals surface area contributed by atoms with Crippen LogP contribution < -0.4 is 5.32 Å². The van der Waals surface area contributed by atoms with Crippen molar-refractivity contribution < 1.29 is 14.3 Å². The first-order chi connectivity index (χ1) is 9.06. The molecule has 0 saturated carbocycles. The van der Waals surface area contributed by atoms with E-state index >= 15 is 0 Å². The topological polar surface area (TPSA) is 47.6 Å². The quantitative estimate of drug-likeness (QED) is 0.608. The molecule has 0 aliphatic heterocycles. The van der Waals surface area contributed by atoms with E-state index in [1.54, 1.807) is 6.92 Å². The van der Waals surface area contributed by atoms with Gasteiger partial charge in [0.25, 0.3) is 0 Å². The third-order valence-electron chi connectivity index (χ3n) is 2.87. The lowest BCUT2D eigenvalue weighted by atomic mass is 10.1. The van der Waals surface area contributed by atoms with Gasteiger partial charge in [-0.05, 0) is 38.8 Å². The van der Waals surface area contributed by atoms with Crippen molar-refractivity contribution in [1.29, 1.82) is 0 Å². The molecule has 106 valence electrons. The molecule has 0 amide bonds. The van der Waals surface area contributed by atoms with E-state index in [-0.39, 0.29) is 12.0 Å². The van der Waals surface area contributed by atoms with Crippen LogP contribution in [0.5, 0.6) is 0 Å². The highest BCUT2D eigenvalue weighted by atomic mass is 16.6. The fraction of sp³-hybridized carbons (Fsp3) is 0.533. The van der Waals surface area contributed by atoms with Crippen LogP contribution in [0.1, 0.15) is 25.0 Å². The number of para-hydroxylation sites is 1. The zero-order chi connectivity index (χ0) is 14.3. The van der Waals surface area contributed by atoms with Gasteiger partial charge in [0, 0.05) is 12.3 Å². The number of carbonyl (C=O) groups excluding carboxylic acids is 1. The lowest BCUT2D eigenvalue weighted by molar-refractivity contribution is -0.145. The maximum Gasteiger partial charge on any atom is 0.328 e. The SMILES string of the molecule is CCOCCOC(=O)[C@@H](C)Nc1c(C)cccc1C. The number of carbonyl (C=O) groups is 1. The first-order valence-electron chi connectivity index (χ1n) is 6.63. The molecule has 1 aromatic rings. The minimum absolute atomic E-state index is 0.262. The van der Waals surface area contributed by atoms with E-state index in [2.05, 4.69) is 5.32 Å². The Balaban J connectivity index is 2.50. The summed E-state index contributed by atoms with van der Waals surface area (Å²) >= 11 is 0. The second kappa shape index (κ2) is 7.79. The second-order valence-corrected chi connectivity index (χ2v) is 4.50. The molecule has 0 aliphatic rings. The van der Waals surface area contributed by atoms with Crippen molar-refractivity contribution in [2.45, 2.75) is 33.7 Å². The van der Waals surface area contributed by atoms with Gasteiger partial charge in [-0.15, -0.1) is 0 Å². The number of hydrogen-bond acceptors (Lipinski definition) is 4. The summed E-state index contributed by atoms with van der Waals surface area (Å²) in [7, 11) is 0. The zero-order valence-corrected chi connectivity index (χ0v) is 12.2. The maximum absolute atomic E-state index is 11.8. The summed E-state index contributed by atoms with van der Waals surface area (Å²) in [6.07, 6.45) is 0. The molecule has 0 aliphatic carbocycles. The van der Waals surface area contributed by atoms with Gasteiger partial charge in [0.2, 0.25) is 0 Å². The Bertz CT molecular complexity index is 398. The molecule has 0 bridgehead atoms. The molecule has 0 spiro atoms. The van der Waals surface area contributed by atoms with E-state index < -0.39 is 0 Å². The Kier molecular flexibility index (Phi) is 6.36. The Labute approximate surface area is 115 Å². The third-order valence-corrected chi connectivity index (χ3v) is 2.87. The molecule has 0 fully saturated rings. The summed E-state index contributed by atoms with van der Waals surface area (Å²) in [5, 5.41) is 3.20. The molecular formula is C15H23NO3. The van der Waals surface area contributed by atoms with Crippen LogP contribution in [0.15, 0.2) is 18.2 Å². The van der Waals surface area contributed by atoms with Crippen LogP contribution in [0.25, 0.3) is 0 Å². The molecule has 1 aromatic carbocycles. The number of hydrogen-bond donors (Lipinski definition) is 1. The number of benzene rings is 1. The van der Waals surface area contributed by atoms with Crippen molar-refractivity contribution in [1.82, 2.24) is 0 Å². The van der Waals surface area contributed by atoms with E-state index in [1.165, 1.54) is 0 Å². The molecule has 0 unspecified atom stereocenters. The highest BCUT2D eigenvalue weighted by molar-refractivity contribution is 5.79. The van der Waals surface area contributed by atoms with Crippen LogP contribution >= 0.6 is 0 Å². The Morgan fingerprint density at radius 3 is 2.47 bits per heavy atom. The number of anilines is 1. The smallest absolute Gasteiger partial charge is 0.328 e. The predicted molar refractivity (Wildman–Crippen MR) is 76.5 cm³/mol. The van der Waals surface area contributed by atoms with E-state index in [9.17, 15) is 4.79 Å². The fourth-order valence-electron chi connectivity index (χ4n) is 1.79. The van der Waals surface area contributed by atoms with Gasteiger partial charge in [-0.2, -0.15) is 0 Å². The monoisotopic (exact) mass is 265 g/mol. The largest absolute Gasteiger partial charge is 0.462 e. The molecule has 0 aromatic heterocycles. The number of rotatable bonds is 7. The Morgan fingerprint density at radius 2 is 1.89 bits per heavy atom. The van der Waals surface area contributed by atoms with Gasteiger partial charge in [-0.3, -0.25) is 0 Å². The highest BCUT2D eigenvalue weighted by Gasteiger charge is 2.15. The van der Waals surface area contributed by atoms with Crippen LogP contribution in [-0.2, 0) is 14.3 Å². The van der Waals surface area contributed by atoms with Crippen LogP contribution in [0, 0.1) is 13.8 Å². The van der Waals surface area contributed by atoms with Gasteiger partial charge in [0.1, 0.15) is 12.6 Å². The highest BCUT2D eigenvalue weighted by Crippen LogP contribution is 2.20. The van der Waals surface area contributed by atoms with Gasteiger partial charge in [-0.25, -0.2) is 4.79 Å². The molecule has 1 atom stereocenters.